The molecule has 0 aliphatic heterocycles. The first-order valence-electron chi connectivity index (χ1n) is 8.05. The fourth-order valence-electron chi connectivity index (χ4n) is 2.45. The quantitative estimate of drug-likeness (QED) is 0.420. The zero-order chi connectivity index (χ0) is 20.7. The summed E-state index contributed by atoms with van der Waals surface area (Å²) in [7, 11) is 5.83. The van der Waals surface area contributed by atoms with Crippen molar-refractivity contribution in [2.75, 3.05) is 33.8 Å². The van der Waals surface area contributed by atoms with Crippen molar-refractivity contribution < 1.29 is 28.7 Å². The largest absolute Gasteiger partial charge is 0.496 e. The van der Waals surface area contributed by atoms with Gasteiger partial charge < -0.3 is 24.3 Å². The van der Waals surface area contributed by atoms with Gasteiger partial charge in [-0.15, -0.1) is 0 Å². The Kier molecular flexibility index (Phi) is 6.80. The number of nitrogens with zero attached hydrogens (tertiary/aromatic N) is 1. The zero-order valence-corrected chi connectivity index (χ0v) is 15.8. The molecule has 28 heavy (non-hydrogen) atoms. The van der Waals surface area contributed by atoms with Crippen LogP contribution in [-0.4, -0.2) is 39.3 Å². The number of rotatable bonds is 8. The fourth-order valence-corrected chi connectivity index (χ4v) is 2.45. The standard InChI is InChI=1S/C19H20N2O7/c1-25-13-10-17(27-3)14(18(11-13)28-4)6-8-19(22)20-12-5-7-16(26-2)15(9-12)21(23)24/h5-11H,1-4H3,(H,20,22). The minimum absolute atomic E-state index is 0.103. The molecule has 0 aliphatic carbocycles. The lowest BCUT2D eigenvalue weighted by atomic mass is 10.1. The molecule has 0 saturated heterocycles. The topological polar surface area (TPSA) is 109 Å². The molecule has 148 valence electrons. The van der Waals surface area contributed by atoms with Crippen molar-refractivity contribution in [3.05, 3.63) is 52.1 Å². The number of hydrogen-bond donors (Lipinski definition) is 1. The first-order valence-corrected chi connectivity index (χ1v) is 8.05. The van der Waals surface area contributed by atoms with Gasteiger partial charge in [-0.05, 0) is 18.2 Å². The van der Waals surface area contributed by atoms with Crippen molar-refractivity contribution >= 4 is 23.4 Å². The molecule has 0 heterocycles. The van der Waals surface area contributed by atoms with E-state index < -0.39 is 10.8 Å². The summed E-state index contributed by atoms with van der Waals surface area (Å²) >= 11 is 0. The lowest BCUT2D eigenvalue weighted by molar-refractivity contribution is -0.385. The van der Waals surface area contributed by atoms with Crippen molar-refractivity contribution in [2.45, 2.75) is 0 Å². The van der Waals surface area contributed by atoms with Gasteiger partial charge in [0.1, 0.15) is 17.2 Å². The number of ether oxygens (including phenoxy) is 4. The van der Waals surface area contributed by atoms with Crippen molar-refractivity contribution in [3.8, 4) is 23.0 Å². The van der Waals surface area contributed by atoms with E-state index in [1.165, 1.54) is 58.8 Å². The Morgan fingerprint density at radius 2 is 1.57 bits per heavy atom. The zero-order valence-electron chi connectivity index (χ0n) is 15.8. The molecular weight excluding hydrogens is 368 g/mol. The van der Waals surface area contributed by atoms with Gasteiger partial charge in [-0.25, -0.2) is 0 Å². The highest BCUT2D eigenvalue weighted by molar-refractivity contribution is 6.02. The minimum atomic E-state index is -0.586. The van der Waals surface area contributed by atoms with E-state index in [9.17, 15) is 14.9 Å². The summed E-state index contributed by atoms with van der Waals surface area (Å²) in [5.41, 5.74) is 0.556. The Labute approximate surface area is 161 Å². The van der Waals surface area contributed by atoms with Gasteiger partial charge in [0.25, 0.3) is 0 Å². The normalized spacial score (nSPS) is 10.4. The summed E-state index contributed by atoms with van der Waals surface area (Å²) in [6, 6.07) is 7.46. The first kappa shape index (κ1) is 20.6. The van der Waals surface area contributed by atoms with Crippen LogP contribution in [0, 0.1) is 10.1 Å². The molecule has 0 spiro atoms. The van der Waals surface area contributed by atoms with Crippen LogP contribution >= 0.6 is 0 Å². The molecular formula is C19H20N2O7. The fraction of sp³-hybridized carbons (Fsp3) is 0.211. The third-order valence-electron chi connectivity index (χ3n) is 3.80. The second-order valence-electron chi connectivity index (χ2n) is 5.41. The summed E-state index contributed by atoms with van der Waals surface area (Å²) < 4.78 is 20.7. The first-order chi connectivity index (χ1) is 13.4. The maximum atomic E-state index is 12.2. The average Bonchev–Trinajstić information content (AvgIpc) is 2.71. The lowest BCUT2D eigenvalue weighted by Gasteiger charge is -2.12. The van der Waals surface area contributed by atoms with Gasteiger partial charge in [0.05, 0.1) is 38.9 Å². The second kappa shape index (κ2) is 9.26. The number of carbonyl (C=O) groups is 1. The number of methoxy groups -OCH3 is 4. The van der Waals surface area contributed by atoms with Crippen LogP contribution in [0.2, 0.25) is 0 Å². The average molecular weight is 388 g/mol. The molecule has 0 unspecified atom stereocenters. The predicted molar refractivity (Wildman–Crippen MR) is 103 cm³/mol. The van der Waals surface area contributed by atoms with Crippen LogP contribution in [0.4, 0.5) is 11.4 Å². The highest BCUT2D eigenvalue weighted by Crippen LogP contribution is 2.35. The summed E-state index contributed by atoms with van der Waals surface area (Å²) in [4.78, 5) is 22.7. The van der Waals surface area contributed by atoms with Crippen LogP contribution in [0.25, 0.3) is 6.08 Å². The molecule has 0 fully saturated rings. The molecule has 2 aromatic rings. The molecule has 1 amide bonds. The number of anilines is 1. The summed E-state index contributed by atoms with van der Waals surface area (Å²) in [6.45, 7) is 0. The number of hydrogen-bond acceptors (Lipinski definition) is 7. The van der Waals surface area contributed by atoms with Crippen molar-refractivity contribution in [3.63, 3.8) is 0 Å². The van der Waals surface area contributed by atoms with Crippen LogP contribution in [0.3, 0.4) is 0 Å². The Morgan fingerprint density at radius 3 is 2.07 bits per heavy atom. The van der Waals surface area contributed by atoms with E-state index in [1.807, 2.05) is 0 Å². The molecule has 1 N–H and O–H groups in total. The highest BCUT2D eigenvalue weighted by Gasteiger charge is 2.16. The van der Waals surface area contributed by atoms with Crippen LogP contribution in [0.5, 0.6) is 23.0 Å². The Morgan fingerprint density at radius 1 is 0.964 bits per heavy atom. The SMILES string of the molecule is COc1cc(OC)c(C=CC(=O)Nc2ccc(OC)c([N+](=O)[O-])c2)c(OC)c1. The predicted octanol–water partition coefficient (Wildman–Crippen LogP) is 3.28. The number of carbonyl (C=O) groups excluding carboxylic acids is 1. The molecule has 0 radical (unpaired) electrons. The van der Waals surface area contributed by atoms with Gasteiger partial charge in [0.2, 0.25) is 5.91 Å². The molecule has 0 bridgehead atoms. The number of amides is 1. The Hall–Kier alpha value is -3.75. The van der Waals surface area contributed by atoms with Crippen LogP contribution in [-0.2, 0) is 4.79 Å². The summed E-state index contributed by atoms with van der Waals surface area (Å²) in [6.07, 6.45) is 2.79. The van der Waals surface area contributed by atoms with Gasteiger partial charge >= 0.3 is 5.69 Å². The number of nitro groups is 1. The maximum absolute atomic E-state index is 12.2. The third kappa shape index (κ3) is 4.70. The van der Waals surface area contributed by atoms with Crippen molar-refractivity contribution in [1.29, 1.82) is 0 Å². The summed E-state index contributed by atoms with van der Waals surface area (Å²) in [5, 5.41) is 13.6. The minimum Gasteiger partial charge on any atom is -0.496 e. The molecule has 0 saturated carbocycles. The van der Waals surface area contributed by atoms with E-state index >= 15 is 0 Å². The molecule has 0 aliphatic rings. The van der Waals surface area contributed by atoms with Gasteiger partial charge in [0.15, 0.2) is 5.75 Å². The molecule has 0 atom stereocenters. The molecule has 2 aromatic carbocycles. The monoisotopic (exact) mass is 388 g/mol. The number of nitrogens with one attached hydrogen (secondary N) is 1. The molecule has 2 rings (SSSR count). The van der Waals surface area contributed by atoms with Gasteiger partial charge in [-0.3, -0.25) is 14.9 Å². The van der Waals surface area contributed by atoms with E-state index in [1.54, 1.807) is 12.1 Å². The van der Waals surface area contributed by atoms with E-state index in [0.717, 1.165) is 0 Å². The highest BCUT2D eigenvalue weighted by atomic mass is 16.6. The molecule has 9 heteroatoms. The third-order valence-corrected chi connectivity index (χ3v) is 3.80. The van der Waals surface area contributed by atoms with E-state index in [0.29, 0.717) is 22.8 Å². The summed E-state index contributed by atoms with van der Waals surface area (Å²) in [5.74, 6) is 1.08. The van der Waals surface area contributed by atoms with Crippen LogP contribution < -0.4 is 24.3 Å². The van der Waals surface area contributed by atoms with Gasteiger partial charge in [0, 0.05) is 30.0 Å². The van der Waals surface area contributed by atoms with Crippen molar-refractivity contribution in [1.82, 2.24) is 0 Å². The van der Waals surface area contributed by atoms with Crippen LogP contribution in [0.1, 0.15) is 5.56 Å². The molecule has 0 aromatic heterocycles. The van der Waals surface area contributed by atoms with E-state index in [2.05, 4.69) is 5.32 Å². The maximum Gasteiger partial charge on any atom is 0.312 e. The number of benzene rings is 2. The van der Waals surface area contributed by atoms with Crippen LogP contribution in [0.15, 0.2) is 36.4 Å². The Bertz CT molecular complexity index is 884. The number of nitro benzene ring substituents is 1. The van der Waals surface area contributed by atoms with Gasteiger partial charge in [-0.1, -0.05) is 0 Å². The Balaban J connectivity index is 2.25. The van der Waals surface area contributed by atoms with E-state index in [4.69, 9.17) is 18.9 Å². The van der Waals surface area contributed by atoms with E-state index in [-0.39, 0.29) is 17.1 Å². The van der Waals surface area contributed by atoms with Gasteiger partial charge in [-0.2, -0.15) is 0 Å². The molecule has 9 nitrogen and oxygen atoms in total. The second-order valence-corrected chi connectivity index (χ2v) is 5.41. The smallest absolute Gasteiger partial charge is 0.312 e. The lowest BCUT2D eigenvalue weighted by Crippen LogP contribution is -2.08. The van der Waals surface area contributed by atoms with Crippen molar-refractivity contribution in [2.24, 2.45) is 0 Å².